The fourth-order valence-corrected chi connectivity index (χ4v) is 2.27. The fraction of sp³-hybridized carbons (Fsp3) is 0.357. The van der Waals surface area contributed by atoms with Gasteiger partial charge in [-0.2, -0.15) is 5.10 Å². The van der Waals surface area contributed by atoms with E-state index < -0.39 is 0 Å². The molecule has 2 aromatic rings. The first kappa shape index (κ1) is 13.1. The van der Waals surface area contributed by atoms with Gasteiger partial charge < -0.3 is 5.32 Å². The second-order valence-electron chi connectivity index (χ2n) is 4.50. The molecule has 0 fully saturated rings. The molecule has 0 spiro atoms. The predicted molar refractivity (Wildman–Crippen MR) is 74.9 cm³/mol. The first-order chi connectivity index (χ1) is 8.60. The van der Waals surface area contributed by atoms with Crippen LogP contribution in [0.5, 0.6) is 0 Å². The van der Waals surface area contributed by atoms with Gasteiger partial charge in [0.2, 0.25) is 0 Å². The average Bonchev–Trinajstić information content (AvgIpc) is 2.66. The van der Waals surface area contributed by atoms with Gasteiger partial charge in [-0.05, 0) is 37.7 Å². The molecule has 1 atom stereocenters. The molecular formula is C14H18ClN3. The van der Waals surface area contributed by atoms with Crippen molar-refractivity contribution >= 4 is 11.6 Å². The molecule has 0 aliphatic carbocycles. The Hall–Kier alpha value is -1.32. The lowest BCUT2D eigenvalue weighted by Crippen LogP contribution is -2.20. The van der Waals surface area contributed by atoms with Crippen molar-refractivity contribution in [2.24, 2.45) is 7.05 Å². The number of halogens is 1. The Balaban J connectivity index is 2.19. The van der Waals surface area contributed by atoms with Crippen molar-refractivity contribution in [2.75, 3.05) is 7.05 Å². The largest absolute Gasteiger partial charge is 0.313 e. The van der Waals surface area contributed by atoms with Gasteiger partial charge in [0.1, 0.15) is 0 Å². The third-order valence-corrected chi connectivity index (χ3v) is 3.38. The lowest BCUT2D eigenvalue weighted by atomic mass is 10.0. The predicted octanol–water partition coefficient (Wildman–Crippen LogP) is 2.89. The molecule has 96 valence electrons. The SMILES string of the molecule is CNC(Cc1cc(C)nn1C)c1ccc(Cl)cc1. The van der Waals surface area contributed by atoms with Crippen LogP contribution in [0.4, 0.5) is 0 Å². The summed E-state index contributed by atoms with van der Waals surface area (Å²) >= 11 is 5.91. The molecule has 2 rings (SSSR count). The van der Waals surface area contributed by atoms with E-state index in [9.17, 15) is 0 Å². The van der Waals surface area contributed by atoms with Crippen LogP contribution in [0.25, 0.3) is 0 Å². The summed E-state index contributed by atoms with van der Waals surface area (Å²) in [4.78, 5) is 0. The molecular weight excluding hydrogens is 246 g/mol. The Labute approximate surface area is 113 Å². The van der Waals surface area contributed by atoms with E-state index in [4.69, 9.17) is 11.6 Å². The van der Waals surface area contributed by atoms with Crippen molar-refractivity contribution in [1.82, 2.24) is 15.1 Å². The molecule has 1 N–H and O–H groups in total. The van der Waals surface area contributed by atoms with E-state index in [0.29, 0.717) is 0 Å². The van der Waals surface area contributed by atoms with Gasteiger partial charge in [-0.1, -0.05) is 23.7 Å². The van der Waals surface area contributed by atoms with E-state index in [2.05, 4.69) is 28.6 Å². The Kier molecular flexibility index (Phi) is 4.04. The highest BCUT2D eigenvalue weighted by molar-refractivity contribution is 6.30. The van der Waals surface area contributed by atoms with Crippen LogP contribution < -0.4 is 5.32 Å². The van der Waals surface area contributed by atoms with Crippen molar-refractivity contribution in [3.8, 4) is 0 Å². The summed E-state index contributed by atoms with van der Waals surface area (Å²) in [7, 11) is 3.96. The van der Waals surface area contributed by atoms with Gasteiger partial charge >= 0.3 is 0 Å². The summed E-state index contributed by atoms with van der Waals surface area (Å²) in [5.41, 5.74) is 3.51. The third-order valence-electron chi connectivity index (χ3n) is 3.13. The van der Waals surface area contributed by atoms with Crippen LogP contribution in [0, 0.1) is 6.92 Å². The zero-order valence-corrected chi connectivity index (χ0v) is 11.7. The van der Waals surface area contributed by atoms with Crippen molar-refractivity contribution in [1.29, 1.82) is 0 Å². The lowest BCUT2D eigenvalue weighted by molar-refractivity contribution is 0.561. The Morgan fingerprint density at radius 1 is 1.33 bits per heavy atom. The van der Waals surface area contributed by atoms with Crippen LogP contribution in [0.3, 0.4) is 0 Å². The summed E-state index contributed by atoms with van der Waals surface area (Å²) in [6, 6.07) is 10.4. The quantitative estimate of drug-likeness (QED) is 0.919. The first-order valence-corrected chi connectivity index (χ1v) is 6.40. The zero-order valence-electron chi connectivity index (χ0n) is 10.9. The van der Waals surface area contributed by atoms with Gasteiger partial charge in [-0.25, -0.2) is 0 Å². The zero-order chi connectivity index (χ0) is 13.1. The van der Waals surface area contributed by atoms with Crippen molar-refractivity contribution in [3.63, 3.8) is 0 Å². The summed E-state index contributed by atoms with van der Waals surface area (Å²) < 4.78 is 1.94. The molecule has 0 saturated carbocycles. The maximum atomic E-state index is 5.91. The highest BCUT2D eigenvalue weighted by Gasteiger charge is 2.12. The van der Waals surface area contributed by atoms with Gasteiger partial charge in [0.25, 0.3) is 0 Å². The fourth-order valence-electron chi connectivity index (χ4n) is 2.15. The Morgan fingerprint density at radius 2 is 2.00 bits per heavy atom. The van der Waals surface area contributed by atoms with Gasteiger partial charge in [-0.3, -0.25) is 4.68 Å². The van der Waals surface area contributed by atoms with E-state index in [-0.39, 0.29) is 6.04 Å². The average molecular weight is 264 g/mol. The molecule has 1 aromatic carbocycles. The lowest BCUT2D eigenvalue weighted by Gasteiger charge is -2.16. The number of aryl methyl sites for hydroxylation is 2. The van der Waals surface area contributed by atoms with Crippen molar-refractivity contribution in [3.05, 3.63) is 52.3 Å². The number of hydrogen-bond donors (Lipinski definition) is 1. The van der Waals surface area contributed by atoms with Crippen LogP contribution in [0.2, 0.25) is 5.02 Å². The van der Waals surface area contributed by atoms with E-state index >= 15 is 0 Å². The molecule has 3 nitrogen and oxygen atoms in total. The van der Waals surface area contributed by atoms with Crippen molar-refractivity contribution < 1.29 is 0 Å². The molecule has 0 bridgehead atoms. The Bertz CT molecular complexity index is 516. The normalized spacial score (nSPS) is 12.7. The highest BCUT2D eigenvalue weighted by atomic mass is 35.5. The second-order valence-corrected chi connectivity index (χ2v) is 4.93. The van der Waals surface area contributed by atoms with Crippen LogP contribution in [-0.4, -0.2) is 16.8 Å². The van der Waals surface area contributed by atoms with Crippen molar-refractivity contribution in [2.45, 2.75) is 19.4 Å². The number of nitrogens with one attached hydrogen (secondary N) is 1. The number of aromatic nitrogens is 2. The summed E-state index contributed by atoms with van der Waals surface area (Å²) in [5.74, 6) is 0. The minimum atomic E-state index is 0.275. The van der Waals surface area contributed by atoms with Crippen LogP contribution in [0.15, 0.2) is 30.3 Å². The van der Waals surface area contributed by atoms with E-state index in [0.717, 1.165) is 17.1 Å². The van der Waals surface area contributed by atoms with Crippen LogP contribution in [0.1, 0.15) is 23.0 Å². The third kappa shape index (κ3) is 2.92. The van der Waals surface area contributed by atoms with Gasteiger partial charge in [-0.15, -0.1) is 0 Å². The minimum absolute atomic E-state index is 0.275. The molecule has 1 aromatic heterocycles. The first-order valence-electron chi connectivity index (χ1n) is 6.02. The summed E-state index contributed by atoms with van der Waals surface area (Å²) in [5, 5.41) is 8.48. The second kappa shape index (κ2) is 5.55. The Morgan fingerprint density at radius 3 is 2.50 bits per heavy atom. The van der Waals surface area contributed by atoms with E-state index in [1.165, 1.54) is 11.3 Å². The molecule has 4 heteroatoms. The maximum absolute atomic E-state index is 5.91. The van der Waals surface area contributed by atoms with Crippen LogP contribution >= 0.6 is 11.6 Å². The van der Waals surface area contributed by atoms with E-state index in [1.807, 2.05) is 37.8 Å². The molecule has 0 saturated heterocycles. The summed E-state index contributed by atoms with van der Waals surface area (Å²) in [6.45, 7) is 2.01. The number of benzene rings is 1. The van der Waals surface area contributed by atoms with Gasteiger partial charge in [0.15, 0.2) is 0 Å². The standard InChI is InChI=1S/C14H18ClN3/c1-10-8-13(18(3)17-10)9-14(16-2)11-4-6-12(15)7-5-11/h4-8,14,16H,9H2,1-3H3. The van der Waals surface area contributed by atoms with E-state index in [1.54, 1.807) is 0 Å². The molecule has 0 aliphatic heterocycles. The minimum Gasteiger partial charge on any atom is -0.313 e. The molecule has 0 aliphatic rings. The summed E-state index contributed by atoms with van der Waals surface area (Å²) in [6.07, 6.45) is 0.912. The number of nitrogens with zero attached hydrogens (tertiary/aromatic N) is 2. The number of likely N-dealkylation sites (N-methyl/N-ethyl adjacent to an activating group) is 1. The smallest absolute Gasteiger partial charge is 0.0596 e. The maximum Gasteiger partial charge on any atom is 0.0596 e. The molecule has 1 unspecified atom stereocenters. The molecule has 18 heavy (non-hydrogen) atoms. The monoisotopic (exact) mass is 263 g/mol. The molecule has 0 radical (unpaired) electrons. The van der Waals surface area contributed by atoms with Gasteiger partial charge in [0.05, 0.1) is 5.69 Å². The molecule has 0 amide bonds. The number of hydrogen-bond acceptors (Lipinski definition) is 2. The topological polar surface area (TPSA) is 29.9 Å². The number of rotatable bonds is 4. The molecule has 1 heterocycles. The highest BCUT2D eigenvalue weighted by Crippen LogP contribution is 2.20. The van der Waals surface area contributed by atoms with Gasteiger partial charge in [0, 0.05) is 30.2 Å². The van der Waals surface area contributed by atoms with Crippen LogP contribution in [-0.2, 0) is 13.5 Å².